The molecule has 0 bridgehead atoms. The normalized spacial score (nSPS) is 10.9. The van der Waals surface area contributed by atoms with Gasteiger partial charge in [0, 0.05) is 6.07 Å². The summed E-state index contributed by atoms with van der Waals surface area (Å²) in [4.78, 5) is 0. The number of aromatic hydroxyl groups is 3. The van der Waals surface area contributed by atoms with Crippen LogP contribution >= 0.6 is 0 Å². The van der Waals surface area contributed by atoms with Gasteiger partial charge in [-0.15, -0.1) is 0 Å². The highest BCUT2D eigenvalue weighted by molar-refractivity contribution is 5.44. The molecule has 0 unspecified atom stereocenters. The van der Waals surface area contributed by atoms with E-state index in [0.29, 0.717) is 11.5 Å². The van der Waals surface area contributed by atoms with Crippen LogP contribution in [0.3, 0.4) is 0 Å². The maximum atomic E-state index is 9.94. The summed E-state index contributed by atoms with van der Waals surface area (Å²) < 4.78 is 12.9. The lowest BCUT2D eigenvalue weighted by Gasteiger charge is -2.14. The molecule has 0 aromatic heterocycles. The monoisotopic (exact) mass is 622 g/mol. The molecule has 0 atom stereocenters. The van der Waals surface area contributed by atoms with E-state index in [2.05, 4.69) is 24.3 Å². The van der Waals surface area contributed by atoms with Crippen molar-refractivity contribution in [3.63, 3.8) is 0 Å². The SMILES string of the molecule is Oc1ccc(CCc2cccc(Oc3cc(CCc4cccc(O)c4)cc(Oc4cccc(CCc5ccc(O)cc5)c4)c3)c2)cc1. The second-order valence-corrected chi connectivity index (χ2v) is 11.8. The van der Waals surface area contributed by atoms with E-state index in [4.69, 9.17) is 9.47 Å². The zero-order valence-electron chi connectivity index (χ0n) is 26.2. The van der Waals surface area contributed by atoms with Gasteiger partial charge in [0.15, 0.2) is 0 Å². The number of aryl methyl sites for hydroxylation is 6. The fraction of sp³-hybridized carbons (Fsp3) is 0.143. The Hall–Kier alpha value is -5.68. The van der Waals surface area contributed by atoms with Crippen molar-refractivity contribution in [1.29, 1.82) is 0 Å². The van der Waals surface area contributed by atoms with Gasteiger partial charge in [-0.25, -0.2) is 0 Å². The van der Waals surface area contributed by atoms with Crippen molar-refractivity contribution in [3.05, 3.63) is 173 Å². The highest BCUT2D eigenvalue weighted by Crippen LogP contribution is 2.32. The number of phenolic OH excluding ortho intramolecular Hbond substituents is 3. The Morgan fingerprint density at radius 3 is 1.15 bits per heavy atom. The number of benzene rings is 6. The van der Waals surface area contributed by atoms with Crippen molar-refractivity contribution < 1.29 is 24.8 Å². The van der Waals surface area contributed by atoms with Crippen LogP contribution in [0.2, 0.25) is 0 Å². The number of ether oxygens (including phenoxy) is 2. The van der Waals surface area contributed by atoms with Gasteiger partial charge >= 0.3 is 0 Å². The van der Waals surface area contributed by atoms with Crippen LogP contribution in [-0.2, 0) is 38.5 Å². The maximum absolute atomic E-state index is 9.94. The summed E-state index contributed by atoms with van der Waals surface area (Å²) >= 11 is 0. The van der Waals surface area contributed by atoms with Crippen LogP contribution in [0.4, 0.5) is 0 Å². The molecule has 0 saturated carbocycles. The van der Waals surface area contributed by atoms with Gasteiger partial charge in [0.25, 0.3) is 0 Å². The topological polar surface area (TPSA) is 79.2 Å². The lowest BCUT2D eigenvalue weighted by molar-refractivity contribution is 0.458. The fourth-order valence-electron chi connectivity index (χ4n) is 5.60. The molecule has 0 amide bonds. The molecule has 47 heavy (non-hydrogen) atoms. The molecule has 0 fully saturated rings. The van der Waals surface area contributed by atoms with E-state index in [1.165, 1.54) is 11.1 Å². The van der Waals surface area contributed by atoms with Crippen LogP contribution in [0.1, 0.15) is 33.4 Å². The first-order valence-electron chi connectivity index (χ1n) is 15.9. The molecule has 0 aliphatic heterocycles. The first kappa shape index (κ1) is 31.3. The first-order chi connectivity index (χ1) is 22.9. The number of hydrogen-bond acceptors (Lipinski definition) is 5. The Morgan fingerprint density at radius 2 is 0.681 bits per heavy atom. The highest BCUT2D eigenvalue weighted by atomic mass is 16.5. The second kappa shape index (κ2) is 15.1. The van der Waals surface area contributed by atoms with E-state index >= 15 is 0 Å². The predicted octanol–water partition coefficient (Wildman–Crippen LogP) is 9.74. The molecule has 6 aromatic carbocycles. The molecule has 5 nitrogen and oxygen atoms in total. The number of phenols is 3. The predicted molar refractivity (Wildman–Crippen MR) is 186 cm³/mol. The average molecular weight is 623 g/mol. The van der Waals surface area contributed by atoms with Gasteiger partial charge in [0.2, 0.25) is 0 Å². The van der Waals surface area contributed by atoms with Crippen LogP contribution in [0.5, 0.6) is 40.2 Å². The molecule has 6 aromatic rings. The molecule has 6 rings (SSSR count). The summed E-state index contributed by atoms with van der Waals surface area (Å²) in [5, 5.41) is 29.1. The minimum Gasteiger partial charge on any atom is -0.508 e. The van der Waals surface area contributed by atoms with Gasteiger partial charge in [-0.1, -0.05) is 60.7 Å². The summed E-state index contributed by atoms with van der Waals surface area (Å²) in [5.74, 6) is 3.69. The Balaban J connectivity index is 1.19. The molecule has 236 valence electrons. The van der Waals surface area contributed by atoms with E-state index in [9.17, 15) is 15.3 Å². The number of rotatable bonds is 13. The summed E-state index contributed by atoms with van der Waals surface area (Å²) in [6.07, 6.45) is 4.93. The van der Waals surface area contributed by atoms with Crippen LogP contribution in [-0.4, -0.2) is 15.3 Å². The second-order valence-electron chi connectivity index (χ2n) is 11.8. The third kappa shape index (κ3) is 9.41. The third-order valence-corrected chi connectivity index (χ3v) is 8.10. The zero-order valence-corrected chi connectivity index (χ0v) is 26.2. The molecule has 5 heteroatoms. The number of hydrogen-bond donors (Lipinski definition) is 3. The molecule has 0 aliphatic carbocycles. The Bertz CT molecular complexity index is 1800. The van der Waals surface area contributed by atoms with Gasteiger partial charge in [-0.05, 0) is 145 Å². The molecule has 3 N–H and O–H groups in total. The molecule has 0 saturated heterocycles. The molecule has 0 aliphatic rings. The maximum Gasteiger partial charge on any atom is 0.131 e. The molecule has 0 radical (unpaired) electrons. The van der Waals surface area contributed by atoms with E-state index in [-0.39, 0.29) is 17.2 Å². The molecular weight excluding hydrogens is 584 g/mol. The Morgan fingerprint density at radius 1 is 0.298 bits per heavy atom. The fourth-order valence-corrected chi connectivity index (χ4v) is 5.60. The lowest BCUT2D eigenvalue weighted by atomic mass is 10.0. The summed E-state index contributed by atoms with van der Waals surface area (Å²) in [6.45, 7) is 0. The first-order valence-corrected chi connectivity index (χ1v) is 15.9. The minimum atomic E-state index is 0.263. The summed E-state index contributed by atoms with van der Waals surface area (Å²) in [7, 11) is 0. The quantitative estimate of drug-likeness (QED) is 0.120. The highest BCUT2D eigenvalue weighted by Gasteiger charge is 2.09. The van der Waals surface area contributed by atoms with Crippen molar-refractivity contribution in [2.75, 3.05) is 0 Å². The zero-order chi connectivity index (χ0) is 32.4. The average Bonchev–Trinajstić information content (AvgIpc) is 3.07. The van der Waals surface area contributed by atoms with Gasteiger partial charge in [-0.3, -0.25) is 0 Å². The van der Waals surface area contributed by atoms with E-state index in [1.807, 2.05) is 78.9 Å². The van der Waals surface area contributed by atoms with Gasteiger partial charge in [0.1, 0.15) is 40.2 Å². The molecule has 0 spiro atoms. The largest absolute Gasteiger partial charge is 0.508 e. The Labute approximate surface area is 276 Å². The van der Waals surface area contributed by atoms with Crippen LogP contribution in [0, 0.1) is 0 Å². The van der Waals surface area contributed by atoms with Crippen molar-refractivity contribution in [2.45, 2.75) is 38.5 Å². The van der Waals surface area contributed by atoms with E-state index in [1.54, 1.807) is 36.4 Å². The van der Waals surface area contributed by atoms with Gasteiger partial charge in [0.05, 0.1) is 0 Å². The lowest BCUT2D eigenvalue weighted by Crippen LogP contribution is -1.96. The smallest absolute Gasteiger partial charge is 0.131 e. The Kier molecular flexibility index (Phi) is 10.0. The third-order valence-electron chi connectivity index (χ3n) is 8.10. The van der Waals surface area contributed by atoms with Crippen molar-refractivity contribution in [1.82, 2.24) is 0 Å². The summed E-state index contributed by atoms with van der Waals surface area (Å²) in [6, 6.07) is 44.3. The van der Waals surface area contributed by atoms with Crippen molar-refractivity contribution in [3.8, 4) is 40.2 Å². The molecular formula is C42H38O5. The van der Waals surface area contributed by atoms with Crippen LogP contribution in [0.25, 0.3) is 0 Å². The summed E-state index contributed by atoms with van der Waals surface area (Å²) in [5.41, 5.74) is 6.78. The van der Waals surface area contributed by atoms with Crippen molar-refractivity contribution in [2.24, 2.45) is 0 Å². The molecule has 0 heterocycles. The van der Waals surface area contributed by atoms with Crippen LogP contribution < -0.4 is 9.47 Å². The van der Waals surface area contributed by atoms with E-state index < -0.39 is 0 Å². The van der Waals surface area contributed by atoms with Crippen molar-refractivity contribution >= 4 is 0 Å². The minimum absolute atomic E-state index is 0.263. The standard InChI is InChI=1S/C42H38O5/c43-36-20-16-30(17-21-36)10-12-33-5-2-8-39(25-33)46-41-27-35(15-14-32-4-1-7-38(45)24-32)28-42(29-41)47-40-9-3-6-34(26-40)13-11-31-18-22-37(44)23-19-31/h1-9,16-29,43-45H,10-15H2. The van der Waals surface area contributed by atoms with E-state index in [0.717, 1.165) is 72.3 Å². The van der Waals surface area contributed by atoms with Crippen LogP contribution in [0.15, 0.2) is 140 Å². The van der Waals surface area contributed by atoms with Gasteiger partial charge in [-0.2, -0.15) is 0 Å². The van der Waals surface area contributed by atoms with Gasteiger partial charge < -0.3 is 24.8 Å².